The molecule has 1 aromatic heterocycles. The van der Waals surface area contributed by atoms with Gasteiger partial charge in [0.15, 0.2) is 0 Å². The lowest BCUT2D eigenvalue weighted by Crippen LogP contribution is -2.52. The molecule has 3 aliphatic rings. The summed E-state index contributed by atoms with van der Waals surface area (Å²) in [4.78, 5) is 24.2. The molecule has 8 heteroatoms. The number of nitrogens with zero attached hydrogens (tertiary/aromatic N) is 4. The Kier molecular flexibility index (Phi) is 4.00. The van der Waals surface area contributed by atoms with Gasteiger partial charge < -0.3 is 24.4 Å². The number of aromatic nitrogens is 2. The smallest absolute Gasteiger partial charge is 0.227 e. The van der Waals surface area contributed by atoms with Gasteiger partial charge in [0, 0.05) is 50.3 Å². The van der Waals surface area contributed by atoms with E-state index in [2.05, 4.69) is 16.9 Å². The predicted octanol–water partition coefficient (Wildman–Crippen LogP) is -1.25. The Balaban J connectivity index is 1.68. The highest BCUT2D eigenvalue weighted by Crippen LogP contribution is 2.26. The standard InChI is InChI=1S/C15H24N4O3Si/c1-18(10-2-5-22-6-3-10)14-13-12(4-7-23(13)21)16-15(17-14)19-8-11(20)9-19/h10-11,20-21,23H,2-9H2,1H3/t23-/m1/s1. The zero-order chi connectivity index (χ0) is 16.0. The van der Waals surface area contributed by atoms with Crippen molar-refractivity contribution in [2.24, 2.45) is 0 Å². The first-order chi connectivity index (χ1) is 11.1. The molecule has 2 fully saturated rings. The van der Waals surface area contributed by atoms with E-state index in [0.29, 0.717) is 25.1 Å². The number of hydrogen-bond donors (Lipinski definition) is 2. The van der Waals surface area contributed by atoms with E-state index in [1.165, 1.54) is 0 Å². The molecule has 0 unspecified atom stereocenters. The Morgan fingerprint density at radius 1 is 1.26 bits per heavy atom. The summed E-state index contributed by atoms with van der Waals surface area (Å²) in [6.45, 7) is 2.76. The van der Waals surface area contributed by atoms with Crippen molar-refractivity contribution in [2.75, 3.05) is 43.2 Å². The Bertz CT molecular complexity index is 590. The molecule has 7 nitrogen and oxygen atoms in total. The van der Waals surface area contributed by atoms with Crippen LogP contribution < -0.4 is 15.0 Å². The minimum Gasteiger partial charge on any atom is -0.430 e. The third-order valence-corrected chi connectivity index (χ3v) is 7.29. The van der Waals surface area contributed by atoms with Crippen molar-refractivity contribution < 1.29 is 14.6 Å². The average Bonchev–Trinajstić information content (AvgIpc) is 2.92. The third kappa shape index (κ3) is 2.73. The molecule has 0 aliphatic carbocycles. The van der Waals surface area contributed by atoms with Gasteiger partial charge in [-0.05, 0) is 25.3 Å². The van der Waals surface area contributed by atoms with Gasteiger partial charge in [0.25, 0.3) is 0 Å². The van der Waals surface area contributed by atoms with Crippen LogP contribution in [0.1, 0.15) is 18.5 Å². The third-order valence-electron chi connectivity index (χ3n) is 5.20. The van der Waals surface area contributed by atoms with Gasteiger partial charge in [0.05, 0.1) is 6.10 Å². The van der Waals surface area contributed by atoms with Gasteiger partial charge in [-0.3, -0.25) is 0 Å². The molecule has 0 spiro atoms. The van der Waals surface area contributed by atoms with Gasteiger partial charge in [-0.1, -0.05) is 0 Å². The molecule has 2 N–H and O–H groups in total. The highest BCUT2D eigenvalue weighted by Gasteiger charge is 2.35. The van der Waals surface area contributed by atoms with Crippen molar-refractivity contribution in [1.82, 2.24) is 9.97 Å². The Hall–Kier alpha value is -1.22. The minimum absolute atomic E-state index is 0.275. The number of anilines is 2. The summed E-state index contributed by atoms with van der Waals surface area (Å²) in [5.41, 5.74) is 1.02. The average molecular weight is 336 g/mol. The summed E-state index contributed by atoms with van der Waals surface area (Å²) >= 11 is 0. The van der Waals surface area contributed by atoms with Crippen LogP contribution in [0.3, 0.4) is 0 Å². The lowest BCUT2D eigenvalue weighted by molar-refractivity contribution is 0.0854. The monoisotopic (exact) mass is 336 g/mol. The number of aliphatic hydroxyl groups is 1. The molecule has 0 bridgehead atoms. The molecule has 1 atom stereocenters. The highest BCUT2D eigenvalue weighted by molar-refractivity contribution is 6.69. The van der Waals surface area contributed by atoms with Crippen LogP contribution in [0.2, 0.25) is 6.04 Å². The molecule has 3 aliphatic heterocycles. The second-order valence-electron chi connectivity index (χ2n) is 6.78. The number of aryl methyl sites for hydroxylation is 1. The molecule has 2 saturated heterocycles. The van der Waals surface area contributed by atoms with E-state index in [9.17, 15) is 9.90 Å². The van der Waals surface area contributed by atoms with Crippen LogP contribution in [0.15, 0.2) is 0 Å². The van der Waals surface area contributed by atoms with Crippen LogP contribution in [-0.4, -0.2) is 74.4 Å². The van der Waals surface area contributed by atoms with Gasteiger partial charge in [-0.2, -0.15) is 4.98 Å². The summed E-state index contributed by atoms with van der Waals surface area (Å²) < 4.78 is 5.46. The van der Waals surface area contributed by atoms with Crippen molar-refractivity contribution >= 4 is 26.0 Å². The van der Waals surface area contributed by atoms with Crippen molar-refractivity contribution in [2.45, 2.75) is 37.5 Å². The van der Waals surface area contributed by atoms with Crippen molar-refractivity contribution in [1.29, 1.82) is 0 Å². The Labute approximate surface area is 137 Å². The molecule has 0 saturated carbocycles. The van der Waals surface area contributed by atoms with Crippen LogP contribution >= 0.6 is 0 Å². The first-order valence-corrected chi connectivity index (χ1v) is 10.4. The fourth-order valence-electron chi connectivity index (χ4n) is 3.71. The van der Waals surface area contributed by atoms with Crippen molar-refractivity contribution in [3.8, 4) is 0 Å². The van der Waals surface area contributed by atoms with Gasteiger partial charge in [0.2, 0.25) is 15.0 Å². The topological polar surface area (TPSA) is 82.0 Å². The molecule has 0 aromatic carbocycles. The lowest BCUT2D eigenvalue weighted by atomic mass is 10.1. The first-order valence-electron chi connectivity index (χ1n) is 8.46. The van der Waals surface area contributed by atoms with Crippen molar-refractivity contribution in [3.63, 3.8) is 0 Å². The number of rotatable bonds is 3. The molecular weight excluding hydrogens is 312 g/mol. The molecule has 0 radical (unpaired) electrons. The van der Waals surface area contributed by atoms with E-state index < -0.39 is 9.04 Å². The number of β-amino-alcohol motifs (C(OH)–C–C–N with tert-alkyl or cyclic N) is 1. The van der Waals surface area contributed by atoms with E-state index in [1.807, 2.05) is 4.90 Å². The van der Waals surface area contributed by atoms with Crippen LogP contribution in [0, 0.1) is 0 Å². The molecule has 23 heavy (non-hydrogen) atoms. The van der Waals surface area contributed by atoms with E-state index in [0.717, 1.165) is 55.2 Å². The Morgan fingerprint density at radius 3 is 2.70 bits per heavy atom. The quantitative estimate of drug-likeness (QED) is 0.668. The van der Waals surface area contributed by atoms with Crippen molar-refractivity contribution in [3.05, 3.63) is 5.69 Å². The lowest BCUT2D eigenvalue weighted by Gasteiger charge is -2.38. The molecule has 1 aromatic rings. The molecule has 126 valence electrons. The van der Waals surface area contributed by atoms with Crippen LogP contribution in [0.4, 0.5) is 11.8 Å². The van der Waals surface area contributed by atoms with E-state index in [1.54, 1.807) is 0 Å². The van der Waals surface area contributed by atoms with Gasteiger partial charge in [0.1, 0.15) is 5.82 Å². The summed E-state index contributed by atoms with van der Waals surface area (Å²) in [5.74, 6) is 1.61. The van der Waals surface area contributed by atoms with E-state index in [-0.39, 0.29) is 6.10 Å². The number of hydrogen-bond acceptors (Lipinski definition) is 7. The second-order valence-corrected chi connectivity index (χ2v) is 8.96. The predicted molar refractivity (Wildman–Crippen MR) is 90.0 cm³/mol. The highest BCUT2D eigenvalue weighted by atomic mass is 28.3. The zero-order valence-corrected chi connectivity index (χ0v) is 14.6. The Morgan fingerprint density at radius 2 is 2.00 bits per heavy atom. The first kappa shape index (κ1) is 15.3. The summed E-state index contributed by atoms with van der Waals surface area (Å²) in [6.07, 6.45) is 2.56. The summed E-state index contributed by atoms with van der Waals surface area (Å²) in [5, 5.41) is 10.6. The zero-order valence-electron chi connectivity index (χ0n) is 13.5. The minimum atomic E-state index is -1.92. The molecule has 0 amide bonds. The van der Waals surface area contributed by atoms with Gasteiger partial charge in [-0.15, -0.1) is 0 Å². The number of ether oxygens (including phenoxy) is 1. The maximum absolute atomic E-state index is 10.5. The van der Waals surface area contributed by atoms with E-state index in [4.69, 9.17) is 9.72 Å². The maximum Gasteiger partial charge on any atom is 0.227 e. The summed E-state index contributed by atoms with van der Waals surface area (Å²) in [6, 6.07) is 1.25. The maximum atomic E-state index is 10.5. The van der Waals surface area contributed by atoms with Crippen LogP contribution in [-0.2, 0) is 11.2 Å². The van der Waals surface area contributed by atoms with Gasteiger partial charge in [-0.25, -0.2) is 4.98 Å². The van der Waals surface area contributed by atoms with E-state index >= 15 is 0 Å². The normalized spacial score (nSPS) is 25.3. The van der Waals surface area contributed by atoms with Crippen LogP contribution in [0.25, 0.3) is 0 Å². The fraction of sp³-hybridized carbons (Fsp3) is 0.733. The SMILES string of the molecule is CN(c1nc(N2CC(O)C2)nc2c1[Si@H](O)CC2)C1CCOCC1. The fourth-order valence-corrected chi connectivity index (χ4v) is 5.71. The van der Waals surface area contributed by atoms with Gasteiger partial charge >= 0.3 is 0 Å². The number of fused-ring (bicyclic) bond motifs is 1. The molecular formula is C15H24N4O3Si. The molecule has 4 rings (SSSR count). The second kappa shape index (κ2) is 6.01. The summed E-state index contributed by atoms with van der Waals surface area (Å²) in [7, 11) is 0.158. The largest absolute Gasteiger partial charge is 0.430 e. The number of aliphatic hydroxyl groups excluding tert-OH is 1. The molecule has 4 heterocycles. The van der Waals surface area contributed by atoms with Crippen LogP contribution in [0.5, 0.6) is 0 Å².